The van der Waals surface area contributed by atoms with E-state index in [1.54, 1.807) is 11.3 Å². The van der Waals surface area contributed by atoms with Crippen LogP contribution in [0.15, 0.2) is 54.6 Å². The van der Waals surface area contributed by atoms with E-state index in [0.29, 0.717) is 19.0 Å². The third-order valence-electron chi connectivity index (χ3n) is 6.12. The number of para-hydroxylation sites is 1. The molecule has 0 radical (unpaired) electrons. The number of nitrogens with one attached hydrogen (secondary N) is 2. The van der Waals surface area contributed by atoms with Gasteiger partial charge in [-0.2, -0.15) is 0 Å². The summed E-state index contributed by atoms with van der Waals surface area (Å²) in [6.45, 7) is 2.34. The van der Waals surface area contributed by atoms with Crippen molar-refractivity contribution in [3.63, 3.8) is 0 Å². The monoisotopic (exact) mass is 421 g/mol. The summed E-state index contributed by atoms with van der Waals surface area (Å²) in [5.74, 6) is 0.365. The van der Waals surface area contributed by atoms with E-state index in [1.165, 1.54) is 19.5 Å². The molecule has 2 saturated heterocycles. The number of hydrogen-bond acceptors (Lipinski definition) is 4. The zero-order chi connectivity index (χ0) is 20.5. The number of hydrogen-bond donors (Lipinski definition) is 2. The standard InChI is InChI=1S/C23H24N4O2S/c28-22-19(14-16-6-2-1-3-7-16)25-23(29)27(22)15-26-12-10-17(11-13-26)21-24-18-8-4-5-9-20(18)30-21/h1-9,17,19H,10-15H2,(H,25,29)/p+1/t19-/m1/s1. The van der Waals surface area contributed by atoms with Crippen LogP contribution < -0.4 is 10.2 Å². The van der Waals surface area contributed by atoms with Gasteiger partial charge in [0.2, 0.25) is 0 Å². The van der Waals surface area contributed by atoms with E-state index >= 15 is 0 Å². The SMILES string of the molecule is O=C1N[C@H](Cc2ccccc2)C(=O)N1C[NH+]1CCC(c2nc3ccccc3s2)CC1. The van der Waals surface area contributed by atoms with Crippen LogP contribution in [-0.2, 0) is 11.2 Å². The van der Waals surface area contributed by atoms with Crippen molar-refractivity contribution in [3.8, 4) is 0 Å². The van der Waals surface area contributed by atoms with E-state index < -0.39 is 6.04 Å². The summed E-state index contributed by atoms with van der Waals surface area (Å²) in [5.41, 5.74) is 2.14. The maximum atomic E-state index is 12.8. The number of carbonyl (C=O) groups excluding carboxylic acids is 2. The molecule has 2 aliphatic heterocycles. The molecule has 0 unspecified atom stereocenters. The Hall–Kier alpha value is -2.77. The van der Waals surface area contributed by atoms with Crippen LogP contribution in [0.25, 0.3) is 10.2 Å². The van der Waals surface area contributed by atoms with Crippen LogP contribution in [0.3, 0.4) is 0 Å². The predicted octanol–water partition coefficient (Wildman–Crippen LogP) is 2.18. The summed E-state index contributed by atoms with van der Waals surface area (Å²) in [6.07, 6.45) is 2.61. The second-order valence-corrected chi connectivity index (χ2v) is 9.22. The Kier molecular flexibility index (Phi) is 5.23. The molecule has 154 valence electrons. The van der Waals surface area contributed by atoms with Gasteiger partial charge in [0.15, 0.2) is 6.67 Å². The van der Waals surface area contributed by atoms with Crippen molar-refractivity contribution >= 4 is 33.5 Å². The Labute approximate surface area is 179 Å². The molecule has 2 N–H and O–H groups in total. The molecule has 3 amide bonds. The number of thiazole rings is 1. The number of urea groups is 1. The summed E-state index contributed by atoms with van der Waals surface area (Å²) in [7, 11) is 0. The predicted molar refractivity (Wildman–Crippen MR) is 116 cm³/mol. The number of amides is 3. The van der Waals surface area contributed by atoms with Crippen LogP contribution in [0.1, 0.15) is 29.3 Å². The number of nitrogens with zero attached hydrogens (tertiary/aromatic N) is 2. The van der Waals surface area contributed by atoms with Crippen molar-refractivity contribution in [2.45, 2.75) is 31.2 Å². The first-order valence-corrected chi connectivity index (χ1v) is 11.3. The van der Waals surface area contributed by atoms with E-state index in [1.807, 2.05) is 36.4 Å². The van der Waals surface area contributed by atoms with Crippen LogP contribution in [0.5, 0.6) is 0 Å². The number of rotatable bonds is 5. The highest BCUT2D eigenvalue weighted by atomic mass is 32.1. The van der Waals surface area contributed by atoms with Crippen molar-refractivity contribution < 1.29 is 14.5 Å². The van der Waals surface area contributed by atoms with Gasteiger partial charge in [0.1, 0.15) is 6.04 Å². The number of imide groups is 1. The number of piperidine rings is 1. The average molecular weight is 422 g/mol. The van der Waals surface area contributed by atoms with Crippen LogP contribution >= 0.6 is 11.3 Å². The Morgan fingerprint density at radius 1 is 1.03 bits per heavy atom. The minimum absolute atomic E-state index is 0.107. The Morgan fingerprint density at radius 3 is 2.53 bits per heavy atom. The second kappa shape index (κ2) is 8.16. The van der Waals surface area contributed by atoms with Gasteiger partial charge in [0.05, 0.1) is 28.3 Å². The molecule has 0 aliphatic carbocycles. The van der Waals surface area contributed by atoms with Gasteiger partial charge in [-0.05, 0) is 17.7 Å². The molecular formula is C23H25N4O2S+. The average Bonchev–Trinajstić information content (AvgIpc) is 3.32. The van der Waals surface area contributed by atoms with Gasteiger partial charge in [0, 0.05) is 25.2 Å². The van der Waals surface area contributed by atoms with E-state index in [-0.39, 0.29) is 11.9 Å². The fourth-order valence-corrected chi connectivity index (χ4v) is 5.57. The molecule has 5 rings (SSSR count). The van der Waals surface area contributed by atoms with Gasteiger partial charge in [-0.1, -0.05) is 42.5 Å². The van der Waals surface area contributed by atoms with Gasteiger partial charge in [-0.15, -0.1) is 11.3 Å². The fraction of sp³-hybridized carbons (Fsp3) is 0.348. The van der Waals surface area contributed by atoms with Gasteiger partial charge in [-0.3, -0.25) is 4.79 Å². The lowest BCUT2D eigenvalue weighted by Gasteiger charge is -2.30. The number of aromatic nitrogens is 1. The molecule has 2 fully saturated rings. The Bertz CT molecular complexity index is 1030. The number of quaternary nitrogens is 1. The van der Waals surface area contributed by atoms with Gasteiger partial charge < -0.3 is 10.2 Å². The molecule has 0 saturated carbocycles. The largest absolute Gasteiger partial charge is 0.329 e. The molecule has 30 heavy (non-hydrogen) atoms. The molecule has 1 atom stereocenters. The third kappa shape index (κ3) is 3.82. The number of carbonyl (C=O) groups is 2. The van der Waals surface area contributed by atoms with Gasteiger partial charge >= 0.3 is 6.03 Å². The first-order valence-electron chi connectivity index (χ1n) is 10.5. The number of fused-ring (bicyclic) bond motifs is 1. The van der Waals surface area contributed by atoms with E-state index in [2.05, 4.69) is 23.5 Å². The van der Waals surface area contributed by atoms with Crippen molar-refractivity contribution in [3.05, 3.63) is 65.2 Å². The lowest BCUT2D eigenvalue weighted by Crippen LogP contribution is -3.14. The summed E-state index contributed by atoms with van der Waals surface area (Å²) >= 11 is 1.79. The minimum atomic E-state index is -0.459. The highest BCUT2D eigenvalue weighted by Gasteiger charge is 2.40. The molecule has 7 heteroatoms. The topological polar surface area (TPSA) is 66.7 Å². The molecule has 3 heterocycles. The van der Waals surface area contributed by atoms with Gasteiger partial charge in [-0.25, -0.2) is 14.7 Å². The molecular weight excluding hydrogens is 396 g/mol. The maximum Gasteiger partial charge on any atom is 0.329 e. The summed E-state index contributed by atoms with van der Waals surface area (Å²) in [5, 5.41) is 4.07. The third-order valence-corrected chi connectivity index (χ3v) is 7.32. The molecule has 3 aromatic rings. The van der Waals surface area contributed by atoms with Crippen LogP contribution in [0, 0.1) is 0 Å². The number of benzene rings is 2. The first kappa shape index (κ1) is 19.2. The van der Waals surface area contributed by atoms with Crippen molar-refractivity contribution in [1.29, 1.82) is 0 Å². The quantitative estimate of drug-likeness (QED) is 0.621. The molecule has 6 nitrogen and oxygen atoms in total. The van der Waals surface area contributed by atoms with Crippen molar-refractivity contribution in [1.82, 2.24) is 15.2 Å². The zero-order valence-corrected chi connectivity index (χ0v) is 17.5. The van der Waals surface area contributed by atoms with E-state index in [0.717, 1.165) is 37.0 Å². The highest BCUT2D eigenvalue weighted by molar-refractivity contribution is 7.18. The summed E-state index contributed by atoms with van der Waals surface area (Å²) < 4.78 is 1.24. The Morgan fingerprint density at radius 2 is 1.77 bits per heavy atom. The number of likely N-dealkylation sites (tertiary alicyclic amines) is 1. The summed E-state index contributed by atoms with van der Waals surface area (Å²) in [4.78, 5) is 32.7. The van der Waals surface area contributed by atoms with E-state index in [9.17, 15) is 9.59 Å². The first-order chi connectivity index (χ1) is 14.7. The smallest absolute Gasteiger partial charge is 0.325 e. The lowest BCUT2D eigenvalue weighted by molar-refractivity contribution is -0.912. The normalized spacial score (nSPS) is 24.4. The molecule has 1 aromatic heterocycles. The molecule has 2 aromatic carbocycles. The molecule has 0 spiro atoms. The maximum absolute atomic E-state index is 12.8. The van der Waals surface area contributed by atoms with Crippen LogP contribution in [-0.4, -0.2) is 47.6 Å². The molecule has 2 aliphatic rings. The van der Waals surface area contributed by atoms with Crippen molar-refractivity contribution in [2.75, 3.05) is 19.8 Å². The van der Waals surface area contributed by atoms with E-state index in [4.69, 9.17) is 4.98 Å². The molecule has 0 bridgehead atoms. The van der Waals surface area contributed by atoms with Crippen LogP contribution in [0.4, 0.5) is 4.79 Å². The zero-order valence-electron chi connectivity index (χ0n) is 16.7. The second-order valence-electron chi connectivity index (χ2n) is 8.16. The van der Waals surface area contributed by atoms with Gasteiger partial charge in [0.25, 0.3) is 5.91 Å². The highest BCUT2D eigenvalue weighted by Crippen LogP contribution is 2.31. The minimum Gasteiger partial charge on any atom is -0.325 e. The fourth-order valence-electron chi connectivity index (χ4n) is 4.43. The summed E-state index contributed by atoms with van der Waals surface area (Å²) in [6, 6.07) is 17.4. The Balaban J connectivity index is 1.18. The van der Waals surface area contributed by atoms with Crippen LogP contribution in [0.2, 0.25) is 0 Å². The lowest BCUT2D eigenvalue weighted by atomic mass is 9.98. The van der Waals surface area contributed by atoms with Crippen molar-refractivity contribution in [2.24, 2.45) is 0 Å².